The fraction of sp³-hybridized carbons (Fsp3) is 0.444. The Morgan fingerprint density at radius 2 is 1.93 bits per heavy atom. The number of hydrogen-bond acceptors (Lipinski definition) is 4. The smallest absolute Gasteiger partial charge is 0.372 e. The summed E-state index contributed by atoms with van der Waals surface area (Å²) in [5, 5.41) is 7.61. The molecule has 2 N–H and O–H groups in total. The molecule has 0 unspecified atom stereocenters. The number of benzene rings is 1. The van der Waals surface area contributed by atoms with Crippen LogP contribution >= 0.6 is 11.3 Å². The number of para-hydroxylation sites is 1. The van der Waals surface area contributed by atoms with Crippen LogP contribution < -0.4 is 15.5 Å². The summed E-state index contributed by atoms with van der Waals surface area (Å²) >= 11 is 0.992. The Morgan fingerprint density at radius 3 is 2.57 bits per heavy atom. The highest BCUT2D eigenvalue weighted by molar-refractivity contribution is 7.09. The van der Waals surface area contributed by atoms with Crippen LogP contribution in [-0.4, -0.2) is 44.7 Å². The zero-order chi connectivity index (χ0) is 20.6. The van der Waals surface area contributed by atoms with Crippen LogP contribution in [0.5, 0.6) is 0 Å². The van der Waals surface area contributed by atoms with Gasteiger partial charge in [-0.3, -0.25) is 4.99 Å². The first-order valence-electron chi connectivity index (χ1n) is 8.73. The molecule has 0 fully saturated rings. The van der Waals surface area contributed by atoms with Crippen molar-refractivity contribution in [1.29, 1.82) is 0 Å². The minimum atomic E-state index is -4.41. The second-order valence-corrected chi connectivity index (χ2v) is 6.97. The number of nitrogens with zero attached hydrogens (tertiary/aromatic N) is 3. The zero-order valence-corrected chi connectivity index (χ0v) is 16.5. The average Bonchev–Trinajstić information content (AvgIpc) is 3.13. The maximum absolute atomic E-state index is 13.7. The van der Waals surface area contributed by atoms with Gasteiger partial charge in [-0.2, -0.15) is 13.2 Å². The van der Waals surface area contributed by atoms with Gasteiger partial charge in [0.15, 0.2) is 11.7 Å². The predicted molar refractivity (Wildman–Crippen MR) is 104 cm³/mol. The standard InChI is InChI=1S/C18H23F4N5S/c1-23-17(25-10-8-16-26-15(12-28-16)18(20,21)22)24-9-5-11-27(2)14-7-4-3-6-13(14)19/h3-4,6-7,12H,5,8-11H2,1-2H3,(H2,23,24,25). The number of anilines is 1. The van der Waals surface area contributed by atoms with Crippen molar-refractivity contribution in [1.82, 2.24) is 15.6 Å². The number of alkyl halides is 3. The Labute approximate surface area is 165 Å². The Kier molecular flexibility index (Phi) is 8.04. The van der Waals surface area contributed by atoms with Gasteiger partial charge in [-0.05, 0) is 18.6 Å². The molecule has 5 nitrogen and oxygen atoms in total. The van der Waals surface area contributed by atoms with Crippen LogP contribution in [0.3, 0.4) is 0 Å². The highest BCUT2D eigenvalue weighted by Crippen LogP contribution is 2.30. The molecule has 0 aliphatic rings. The molecule has 2 rings (SSSR count). The number of nitrogens with one attached hydrogen (secondary N) is 2. The van der Waals surface area contributed by atoms with Crippen LogP contribution in [0.25, 0.3) is 0 Å². The van der Waals surface area contributed by atoms with Crippen LogP contribution in [0.2, 0.25) is 0 Å². The molecule has 1 aromatic carbocycles. The maximum atomic E-state index is 13.7. The largest absolute Gasteiger partial charge is 0.434 e. The molecule has 0 amide bonds. The van der Waals surface area contributed by atoms with Gasteiger partial charge in [0.1, 0.15) is 5.82 Å². The van der Waals surface area contributed by atoms with E-state index in [1.165, 1.54) is 6.07 Å². The lowest BCUT2D eigenvalue weighted by atomic mass is 10.2. The van der Waals surface area contributed by atoms with E-state index in [1.54, 1.807) is 25.2 Å². The maximum Gasteiger partial charge on any atom is 0.434 e. The average molecular weight is 417 g/mol. The van der Waals surface area contributed by atoms with Gasteiger partial charge in [-0.1, -0.05) is 12.1 Å². The van der Waals surface area contributed by atoms with Crippen molar-refractivity contribution in [2.45, 2.75) is 19.0 Å². The van der Waals surface area contributed by atoms with E-state index in [-0.39, 0.29) is 5.82 Å². The third-order valence-corrected chi connectivity index (χ3v) is 4.83. The summed E-state index contributed by atoms with van der Waals surface area (Å²) in [6, 6.07) is 6.60. The van der Waals surface area contributed by atoms with Crippen molar-refractivity contribution in [3.8, 4) is 0 Å². The van der Waals surface area contributed by atoms with Crippen molar-refractivity contribution < 1.29 is 17.6 Å². The first kappa shape index (κ1) is 21.9. The summed E-state index contributed by atoms with van der Waals surface area (Å²) in [6.45, 7) is 1.69. The zero-order valence-electron chi connectivity index (χ0n) is 15.7. The molecule has 0 radical (unpaired) electrons. The van der Waals surface area contributed by atoms with Gasteiger partial charge in [0, 0.05) is 45.5 Å². The summed E-state index contributed by atoms with van der Waals surface area (Å²) in [5.74, 6) is 0.299. The first-order chi connectivity index (χ1) is 13.3. The highest BCUT2D eigenvalue weighted by atomic mass is 32.1. The van der Waals surface area contributed by atoms with Gasteiger partial charge >= 0.3 is 6.18 Å². The Bertz CT molecular complexity index is 775. The molecule has 1 heterocycles. The number of guanidine groups is 1. The molecule has 0 spiro atoms. The van der Waals surface area contributed by atoms with Crippen LogP contribution in [0.4, 0.5) is 23.2 Å². The molecule has 2 aromatic rings. The second kappa shape index (κ2) is 10.3. The van der Waals surface area contributed by atoms with Crippen LogP contribution in [0.1, 0.15) is 17.1 Å². The van der Waals surface area contributed by atoms with E-state index in [1.807, 2.05) is 11.9 Å². The quantitative estimate of drug-likeness (QED) is 0.299. The van der Waals surface area contributed by atoms with Gasteiger partial charge in [0.05, 0.1) is 10.7 Å². The summed E-state index contributed by atoms with van der Waals surface area (Å²) in [5.41, 5.74) is -0.305. The second-order valence-electron chi connectivity index (χ2n) is 6.03. The summed E-state index contributed by atoms with van der Waals surface area (Å²) < 4.78 is 51.3. The van der Waals surface area contributed by atoms with Crippen molar-refractivity contribution in [3.63, 3.8) is 0 Å². The molecule has 1 aromatic heterocycles. The summed E-state index contributed by atoms with van der Waals surface area (Å²) in [4.78, 5) is 9.51. The summed E-state index contributed by atoms with van der Waals surface area (Å²) in [7, 11) is 3.45. The normalized spacial score (nSPS) is 12.1. The van der Waals surface area contributed by atoms with Crippen molar-refractivity contribution in [2.75, 3.05) is 38.6 Å². The Morgan fingerprint density at radius 1 is 1.21 bits per heavy atom. The van der Waals surface area contributed by atoms with Crippen LogP contribution in [0, 0.1) is 5.82 Å². The first-order valence-corrected chi connectivity index (χ1v) is 9.61. The third kappa shape index (κ3) is 6.66. The number of aromatic nitrogens is 1. The van der Waals surface area contributed by atoms with Gasteiger partial charge in [0.25, 0.3) is 0 Å². The van der Waals surface area contributed by atoms with E-state index in [0.29, 0.717) is 42.7 Å². The molecule has 0 aliphatic heterocycles. The number of thiazole rings is 1. The number of aliphatic imine (C=N–C) groups is 1. The molecule has 0 atom stereocenters. The SMILES string of the molecule is CN=C(NCCCN(C)c1ccccc1F)NCCc1nc(C(F)(F)F)cs1. The van der Waals surface area contributed by atoms with Gasteiger partial charge in [0.2, 0.25) is 0 Å². The lowest BCUT2D eigenvalue weighted by Gasteiger charge is -2.20. The molecular weight excluding hydrogens is 394 g/mol. The number of halogens is 4. The van der Waals surface area contributed by atoms with Crippen LogP contribution in [0.15, 0.2) is 34.6 Å². The fourth-order valence-corrected chi connectivity index (χ4v) is 3.27. The van der Waals surface area contributed by atoms with E-state index in [2.05, 4.69) is 20.6 Å². The highest BCUT2D eigenvalue weighted by Gasteiger charge is 2.33. The van der Waals surface area contributed by atoms with E-state index < -0.39 is 11.9 Å². The molecule has 10 heteroatoms. The molecule has 28 heavy (non-hydrogen) atoms. The number of rotatable bonds is 8. The topological polar surface area (TPSA) is 52.6 Å². The molecule has 0 bridgehead atoms. The molecule has 0 aliphatic carbocycles. The van der Waals surface area contributed by atoms with E-state index in [0.717, 1.165) is 23.1 Å². The molecular formula is C18H23F4N5S. The third-order valence-electron chi connectivity index (χ3n) is 3.92. The van der Waals surface area contributed by atoms with Gasteiger partial charge in [-0.25, -0.2) is 9.37 Å². The fourth-order valence-electron chi connectivity index (χ4n) is 2.47. The minimum absolute atomic E-state index is 0.258. The lowest BCUT2D eigenvalue weighted by Crippen LogP contribution is -2.39. The van der Waals surface area contributed by atoms with E-state index in [9.17, 15) is 17.6 Å². The van der Waals surface area contributed by atoms with E-state index in [4.69, 9.17) is 0 Å². The van der Waals surface area contributed by atoms with Crippen LogP contribution in [-0.2, 0) is 12.6 Å². The molecule has 0 saturated heterocycles. The Hall–Kier alpha value is -2.36. The minimum Gasteiger partial charge on any atom is -0.372 e. The van der Waals surface area contributed by atoms with Crippen molar-refractivity contribution in [3.05, 3.63) is 46.2 Å². The summed E-state index contributed by atoms with van der Waals surface area (Å²) in [6.07, 6.45) is -3.28. The van der Waals surface area contributed by atoms with Crippen molar-refractivity contribution >= 4 is 23.0 Å². The van der Waals surface area contributed by atoms with Gasteiger partial charge < -0.3 is 15.5 Å². The van der Waals surface area contributed by atoms with E-state index >= 15 is 0 Å². The van der Waals surface area contributed by atoms with Gasteiger partial charge in [-0.15, -0.1) is 11.3 Å². The number of hydrogen-bond donors (Lipinski definition) is 2. The predicted octanol–water partition coefficient (Wildman–Crippen LogP) is 3.54. The molecule has 154 valence electrons. The lowest BCUT2D eigenvalue weighted by molar-refractivity contribution is -0.140. The van der Waals surface area contributed by atoms with Crippen molar-refractivity contribution in [2.24, 2.45) is 4.99 Å². The monoisotopic (exact) mass is 417 g/mol. The Balaban J connectivity index is 1.67. The molecule has 0 saturated carbocycles.